The summed E-state index contributed by atoms with van der Waals surface area (Å²) >= 11 is 0. The lowest BCUT2D eigenvalue weighted by molar-refractivity contribution is -0.143. The second-order valence-corrected chi connectivity index (χ2v) is 12.2. The summed E-state index contributed by atoms with van der Waals surface area (Å²) in [5.74, 6) is -0.110. The van der Waals surface area contributed by atoms with Crippen molar-refractivity contribution in [2.75, 3.05) is 6.61 Å². The van der Waals surface area contributed by atoms with Gasteiger partial charge in [0.05, 0.1) is 18.8 Å². The molecule has 0 aliphatic carbocycles. The third-order valence-electron chi connectivity index (χ3n) is 5.19. The van der Waals surface area contributed by atoms with E-state index in [9.17, 15) is 9.90 Å². The highest BCUT2D eigenvalue weighted by molar-refractivity contribution is 6.74. The van der Waals surface area contributed by atoms with E-state index in [1.807, 2.05) is 6.92 Å². The average Bonchev–Trinajstić information content (AvgIpc) is 2.74. The molecule has 2 saturated heterocycles. The smallest absolute Gasteiger partial charge is 0.192 e. The molecule has 19 heavy (non-hydrogen) atoms. The number of fused-ring (bicyclic) bond motifs is 2. The Morgan fingerprint density at radius 3 is 2.47 bits per heavy atom. The number of carbonyl (C=O) groups is 1. The van der Waals surface area contributed by atoms with Gasteiger partial charge >= 0.3 is 0 Å². The molecule has 0 aromatic rings. The van der Waals surface area contributed by atoms with Gasteiger partial charge in [-0.15, -0.1) is 0 Å². The Morgan fingerprint density at radius 1 is 1.47 bits per heavy atom. The summed E-state index contributed by atoms with van der Waals surface area (Å²) in [4.78, 5) is 12.3. The molecule has 0 spiro atoms. The van der Waals surface area contributed by atoms with Crippen molar-refractivity contribution >= 4 is 14.1 Å². The van der Waals surface area contributed by atoms with Crippen LogP contribution in [-0.2, 0) is 14.0 Å². The molecule has 110 valence electrons. The van der Waals surface area contributed by atoms with Crippen LogP contribution in [0.4, 0.5) is 0 Å². The van der Waals surface area contributed by atoms with Gasteiger partial charge in [0.25, 0.3) is 0 Å². The predicted molar refractivity (Wildman–Crippen MR) is 75.5 cm³/mol. The molecule has 2 rings (SSSR count). The zero-order valence-electron chi connectivity index (χ0n) is 12.8. The van der Waals surface area contributed by atoms with Crippen LogP contribution in [0.3, 0.4) is 0 Å². The summed E-state index contributed by atoms with van der Waals surface area (Å²) in [5.41, 5.74) is -1.10. The van der Waals surface area contributed by atoms with Crippen LogP contribution in [0.5, 0.6) is 0 Å². The van der Waals surface area contributed by atoms with Gasteiger partial charge in [0, 0.05) is 12.3 Å². The maximum atomic E-state index is 12.3. The fourth-order valence-corrected chi connectivity index (χ4v) is 4.12. The number of hydrogen-bond donors (Lipinski definition) is 1. The van der Waals surface area contributed by atoms with Crippen LogP contribution in [0, 0.1) is 5.92 Å². The van der Waals surface area contributed by atoms with Gasteiger partial charge < -0.3 is 14.3 Å². The Bertz CT molecular complexity index is 387. The van der Waals surface area contributed by atoms with E-state index in [0.29, 0.717) is 0 Å². The van der Waals surface area contributed by atoms with E-state index in [1.165, 1.54) is 0 Å². The molecule has 0 unspecified atom stereocenters. The summed E-state index contributed by atoms with van der Waals surface area (Å²) in [5, 5.41) is 9.77. The number of aliphatic hydroxyl groups is 1. The van der Waals surface area contributed by atoms with Gasteiger partial charge in [-0.2, -0.15) is 0 Å². The minimum atomic E-state index is -1.97. The van der Waals surface area contributed by atoms with Crippen molar-refractivity contribution < 1.29 is 19.1 Å². The fraction of sp³-hybridized carbons (Fsp3) is 0.929. The molecule has 0 amide bonds. The minimum absolute atomic E-state index is 0.00922. The monoisotopic (exact) mass is 286 g/mol. The van der Waals surface area contributed by atoms with Gasteiger partial charge in [-0.25, -0.2) is 0 Å². The molecule has 2 fully saturated rings. The second-order valence-electron chi connectivity index (χ2n) is 7.46. The number of ketones is 1. The molecule has 0 aromatic carbocycles. The zero-order valence-corrected chi connectivity index (χ0v) is 13.8. The van der Waals surface area contributed by atoms with E-state index in [1.54, 1.807) is 0 Å². The molecule has 0 saturated carbocycles. The van der Waals surface area contributed by atoms with Crippen molar-refractivity contribution in [1.29, 1.82) is 0 Å². The largest absolute Gasteiger partial charge is 0.410 e. The standard InChI is InChI=1S/C14H26O4Si/c1-9-10-7-11(14(8-15,17-10)12(9)16)18-19(5,6)13(2,3)4/h9-11,15H,7-8H2,1-6H3/t9-,10+,11-,14+/m1/s1. The normalized spacial score (nSPS) is 39.1. The number of rotatable bonds is 3. The first-order valence-corrected chi connectivity index (χ1v) is 9.97. The molecule has 5 heteroatoms. The lowest BCUT2D eigenvalue weighted by atomic mass is 9.79. The topological polar surface area (TPSA) is 55.8 Å². The van der Waals surface area contributed by atoms with Gasteiger partial charge in [0.2, 0.25) is 0 Å². The molecule has 0 aromatic heterocycles. The number of carbonyl (C=O) groups excluding carboxylic acids is 1. The third kappa shape index (κ3) is 2.11. The highest BCUT2D eigenvalue weighted by atomic mass is 28.4. The molecule has 2 bridgehead atoms. The number of ether oxygens (including phenoxy) is 1. The van der Waals surface area contributed by atoms with Gasteiger partial charge in [0.15, 0.2) is 19.7 Å². The number of aliphatic hydroxyl groups excluding tert-OH is 1. The lowest BCUT2D eigenvalue weighted by Crippen LogP contribution is -2.57. The molecule has 4 atom stereocenters. The molecule has 2 heterocycles. The molecular weight excluding hydrogens is 260 g/mol. The van der Waals surface area contributed by atoms with Crippen molar-refractivity contribution in [3.8, 4) is 0 Å². The Hall–Kier alpha value is -0.233. The maximum absolute atomic E-state index is 12.3. The Morgan fingerprint density at radius 2 is 2.05 bits per heavy atom. The summed E-state index contributed by atoms with van der Waals surface area (Å²) in [7, 11) is -1.97. The van der Waals surface area contributed by atoms with Gasteiger partial charge in [-0.1, -0.05) is 27.7 Å². The lowest BCUT2D eigenvalue weighted by Gasteiger charge is -2.42. The minimum Gasteiger partial charge on any atom is -0.410 e. The first kappa shape index (κ1) is 15.2. The number of hydrogen-bond acceptors (Lipinski definition) is 4. The maximum Gasteiger partial charge on any atom is 0.192 e. The zero-order chi connectivity index (χ0) is 14.6. The van der Waals surface area contributed by atoms with E-state index in [2.05, 4.69) is 33.9 Å². The van der Waals surface area contributed by atoms with Gasteiger partial charge in [-0.3, -0.25) is 4.79 Å². The predicted octanol–water partition coefficient (Wildman–Crippen LogP) is 2.12. The van der Waals surface area contributed by atoms with E-state index >= 15 is 0 Å². The van der Waals surface area contributed by atoms with Crippen LogP contribution in [0.1, 0.15) is 34.1 Å². The van der Waals surface area contributed by atoms with E-state index in [4.69, 9.17) is 9.16 Å². The molecule has 4 nitrogen and oxygen atoms in total. The van der Waals surface area contributed by atoms with E-state index < -0.39 is 13.9 Å². The Labute approximate surface area is 116 Å². The van der Waals surface area contributed by atoms with Crippen molar-refractivity contribution in [1.82, 2.24) is 0 Å². The highest BCUT2D eigenvalue weighted by Gasteiger charge is 2.64. The van der Waals surface area contributed by atoms with Crippen molar-refractivity contribution in [3.63, 3.8) is 0 Å². The van der Waals surface area contributed by atoms with Crippen LogP contribution in [0.15, 0.2) is 0 Å². The molecule has 1 N–H and O–H groups in total. The summed E-state index contributed by atoms with van der Waals surface area (Å²) in [6.07, 6.45) is 0.349. The summed E-state index contributed by atoms with van der Waals surface area (Å²) in [6.45, 7) is 12.4. The van der Waals surface area contributed by atoms with Crippen molar-refractivity contribution in [2.24, 2.45) is 5.92 Å². The molecule has 2 aliphatic heterocycles. The van der Waals surface area contributed by atoms with E-state index in [0.717, 1.165) is 6.42 Å². The summed E-state index contributed by atoms with van der Waals surface area (Å²) < 4.78 is 12.1. The van der Waals surface area contributed by atoms with Crippen LogP contribution < -0.4 is 0 Å². The third-order valence-corrected chi connectivity index (χ3v) is 9.68. The fourth-order valence-electron chi connectivity index (χ4n) is 2.77. The number of Topliss-reactive ketones (excluding diaryl/α,β-unsaturated/α-hetero) is 1. The van der Waals surface area contributed by atoms with Crippen LogP contribution in [0.2, 0.25) is 18.1 Å². The SMILES string of the molecule is C[C@H]1C(=O)[C@@]2(CO)O[C@H]1C[C@H]2O[Si](C)(C)C(C)(C)C. The molecule has 0 radical (unpaired) electrons. The summed E-state index contributed by atoms with van der Waals surface area (Å²) in [6, 6.07) is 0. The van der Waals surface area contributed by atoms with Crippen molar-refractivity contribution in [2.45, 2.75) is 70.1 Å². The van der Waals surface area contributed by atoms with E-state index in [-0.39, 0.29) is 35.6 Å². The quantitative estimate of drug-likeness (QED) is 0.807. The van der Waals surface area contributed by atoms with Gasteiger partial charge in [-0.05, 0) is 18.1 Å². The first-order chi connectivity index (χ1) is 8.55. The van der Waals surface area contributed by atoms with Crippen LogP contribution in [0.25, 0.3) is 0 Å². The first-order valence-electron chi connectivity index (χ1n) is 7.06. The highest BCUT2D eigenvalue weighted by Crippen LogP contribution is 2.48. The van der Waals surface area contributed by atoms with Gasteiger partial charge in [0.1, 0.15) is 0 Å². The van der Waals surface area contributed by atoms with Crippen LogP contribution in [-0.4, -0.2) is 43.6 Å². The Balaban J connectivity index is 2.22. The molecule has 2 aliphatic rings. The van der Waals surface area contributed by atoms with Crippen molar-refractivity contribution in [3.05, 3.63) is 0 Å². The second kappa shape index (κ2) is 4.38. The van der Waals surface area contributed by atoms with Crippen LogP contribution >= 0.6 is 0 Å². The molecular formula is C14H26O4Si. The average molecular weight is 286 g/mol. The Kier molecular flexibility index (Phi) is 3.50.